The molecule has 0 aliphatic heterocycles. The van der Waals surface area contributed by atoms with Gasteiger partial charge < -0.3 is 20.7 Å². The summed E-state index contributed by atoms with van der Waals surface area (Å²) in [6.45, 7) is 4.81. The highest BCUT2D eigenvalue weighted by Crippen LogP contribution is 2.09. The van der Waals surface area contributed by atoms with Crippen LogP contribution in [0.3, 0.4) is 0 Å². The Morgan fingerprint density at radius 1 is 1.29 bits per heavy atom. The maximum atomic E-state index is 12.5. The topological polar surface area (TPSA) is 84.7 Å². The van der Waals surface area contributed by atoms with Crippen LogP contribution in [0.2, 0.25) is 0 Å². The van der Waals surface area contributed by atoms with Gasteiger partial charge in [-0.1, -0.05) is 12.1 Å². The molecule has 0 aromatic heterocycles. The summed E-state index contributed by atoms with van der Waals surface area (Å²) in [5.74, 6) is 0.0850. The lowest BCUT2D eigenvalue weighted by molar-refractivity contribution is -0.138. The van der Waals surface area contributed by atoms with Crippen LogP contribution in [0, 0.1) is 0 Å². The Morgan fingerprint density at radius 2 is 1.96 bits per heavy atom. The van der Waals surface area contributed by atoms with Crippen LogP contribution >= 0.6 is 11.8 Å². The maximum Gasteiger partial charge on any atom is 0.354 e. The summed E-state index contributed by atoms with van der Waals surface area (Å²) in [6, 6.07) is 7.00. The van der Waals surface area contributed by atoms with E-state index in [9.17, 15) is 9.59 Å². The van der Waals surface area contributed by atoms with Gasteiger partial charge in [0.05, 0.1) is 6.61 Å². The summed E-state index contributed by atoms with van der Waals surface area (Å²) in [6.07, 6.45) is 3.58. The van der Waals surface area contributed by atoms with Gasteiger partial charge in [0, 0.05) is 24.5 Å². The van der Waals surface area contributed by atoms with Gasteiger partial charge in [0.2, 0.25) is 0 Å². The largest absolute Gasteiger partial charge is 0.461 e. The highest BCUT2D eigenvalue weighted by Gasteiger charge is 2.18. The number of anilines is 1. The van der Waals surface area contributed by atoms with E-state index in [1.54, 1.807) is 41.8 Å². The Hall–Kier alpha value is -2.15. The molecule has 0 aliphatic carbocycles. The zero-order valence-corrected chi connectivity index (χ0v) is 15.2. The van der Waals surface area contributed by atoms with E-state index in [0.717, 1.165) is 5.56 Å². The Labute approximate surface area is 147 Å². The van der Waals surface area contributed by atoms with Gasteiger partial charge in [-0.3, -0.25) is 0 Å². The minimum atomic E-state index is -0.525. The highest BCUT2D eigenvalue weighted by atomic mass is 32.2. The lowest BCUT2D eigenvalue weighted by Crippen LogP contribution is -2.40. The smallest absolute Gasteiger partial charge is 0.354 e. The molecule has 0 fully saturated rings. The maximum absolute atomic E-state index is 12.5. The fraction of sp³-hybridized carbons (Fsp3) is 0.412. The van der Waals surface area contributed by atoms with Crippen LogP contribution in [0.1, 0.15) is 19.4 Å². The molecular formula is C17H25N3O3S. The number of carbonyl (C=O) groups excluding carboxylic acids is 2. The van der Waals surface area contributed by atoms with Crippen molar-refractivity contribution in [1.82, 2.24) is 10.2 Å². The third-order valence-corrected chi connectivity index (χ3v) is 3.71. The molecule has 0 spiro atoms. The Balaban J connectivity index is 2.78. The number of rotatable bonds is 8. The SMILES string of the molecule is CCOC(=O)/C(=C\CSC)NC(=O)N(CC)Cc1ccc(N)cc1. The van der Waals surface area contributed by atoms with Crippen LogP contribution in [0.4, 0.5) is 10.5 Å². The molecule has 24 heavy (non-hydrogen) atoms. The van der Waals surface area contributed by atoms with Crippen LogP contribution < -0.4 is 11.1 Å². The van der Waals surface area contributed by atoms with E-state index in [1.807, 2.05) is 25.3 Å². The van der Waals surface area contributed by atoms with Gasteiger partial charge in [0.1, 0.15) is 5.70 Å². The van der Waals surface area contributed by atoms with Gasteiger partial charge >= 0.3 is 12.0 Å². The van der Waals surface area contributed by atoms with Gasteiger partial charge in [0.15, 0.2) is 0 Å². The molecule has 2 amide bonds. The van der Waals surface area contributed by atoms with Crippen molar-refractivity contribution in [2.75, 3.05) is 30.9 Å². The number of thioether (sulfide) groups is 1. The van der Waals surface area contributed by atoms with Crippen molar-refractivity contribution >= 4 is 29.4 Å². The molecule has 0 saturated carbocycles. The van der Waals surface area contributed by atoms with E-state index in [0.29, 0.717) is 24.5 Å². The Kier molecular flexibility index (Phi) is 8.78. The summed E-state index contributed by atoms with van der Waals surface area (Å²) in [7, 11) is 0. The number of nitrogens with two attached hydrogens (primary N) is 1. The molecule has 0 radical (unpaired) electrons. The number of benzene rings is 1. The number of urea groups is 1. The van der Waals surface area contributed by atoms with Crippen molar-refractivity contribution in [3.63, 3.8) is 0 Å². The average Bonchev–Trinajstić information content (AvgIpc) is 2.58. The zero-order valence-electron chi connectivity index (χ0n) is 14.4. The Bertz CT molecular complexity index is 573. The molecule has 1 aromatic rings. The first-order chi connectivity index (χ1) is 11.5. The lowest BCUT2D eigenvalue weighted by Gasteiger charge is -2.22. The third-order valence-electron chi connectivity index (χ3n) is 3.21. The molecule has 1 rings (SSSR count). The predicted octanol–water partition coefficient (Wildman–Crippen LogP) is 2.61. The van der Waals surface area contributed by atoms with Crippen LogP contribution in [0.5, 0.6) is 0 Å². The van der Waals surface area contributed by atoms with E-state index in [4.69, 9.17) is 10.5 Å². The molecule has 0 aliphatic rings. The first-order valence-electron chi connectivity index (χ1n) is 7.78. The van der Waals surface area contributed by atoms with E-state index in [1.165, 1.54) is 0 Å². The van der Waals surface area contributed by atoms with Crippen molar-refractivity contribution in [2.24, 2.45) is 0 Å². The Morgan fingerprint density at radius 3 is 2.50 bits per heavy atom. The molecule has 7 heteroatoms. The minimum Gasteiger partial charge on any atom is -0.461 e. The first kappa shape index (κ1) is 19.9. The minimum absolute atomic E-state index is 0.173. The standard InChI is InChI=1S/C17H25N3O3S/c1-4-20(12-13-6-8-14(18)9-7-13)17(22)19-15(10-11-24-3)16(21)23-5-2/h6-10H,4-5,11-12,18H2,1-3H3,(H,19,22)/b15-10+. The predicted molar refractivity (Wildman–Crippen MR) is 98.6 cm³/mol. The second-order valence-corrected chi connectivity index (χ2v) is 5.89. The molecule has 0 unspecified atom stereocenters. The quantitative estimate of drug-likeness (QED) is 0.427. The summed E-state index contributed by atoms with van der Waals surface area (Å²) in [5, 5.41) is 2.65. The third kappa shape index (κ3) is 6.54. The normalized spacial score (nSPS) is 11.0. The summed E-state index contributed by atoms with van der Waals surface area (Å²) in [4.78, 5) is 26.0. The molecule has 0 heterocycles. The van der Waals surface area contributed by atoms with Crippen LogP contribution in [0.25, 0.3) is 0 Å². The van der Waals surface area contributed by atoms with E-state index < -0.39 is 5.97 Å². The van der Waals surface area contributed by atoms with E-state index >= 15 is 0 Å². The monoisotopic (exact) mass is 351 g/mol. The molecule has 0 bridgehead atoms. The second kappa shape index (κ2) is 10.6. The molecule has 0 atom stereocenters. The summed E-state index contributed by atoms with van der Waals surface area (Å²) >= 11 is 1.55. The van der Waals surface area contributed by atoms with Crippen molar-refractivity contribution in [2.45, 2.75) is 20.4 Å². The zero-order chi connectivity index (χ0) is 17.9. The molecule has 6 nitrogen and oxygen atoms in total. The molecule has 3 N–H and O–H groups in total. The number of hydrogen-bond donors (Lipinski definition) is 2. The average molecular weight is 351 g/mol. The summed E-state index contributed by atoms with van der Waals surface area (Å²) < 4.78 is 4.98. The van der Waals surface area contributed by atoms with Crippen LogP contribution in [-0.2, 0) is 16.1 Å². The van der Waals surface area contributed by atoms with Crippen LogP contribution in [0.15, 0.2) is 36.0 Å². The van der Waals surface area contributed by atoms with E-state index in [-0.39, 0.29) is 18.3 Å². The van der Waals surface area contributed by atoms with Crippen molar-refractivity contribution in [3.05, 3.63) is 41.6 Å². The second-order valence-electron chi connectivity index (χ2n) is 4.98. The highest BCUT2D eigenvalue weighted by molar-refractivity contribution is 7.98. The summed E-state index contributed by atoms with van der Waals surface area (Å²) in [5.41, 5.74) is 7.48. The van der Waals surface area contributed by atoms with Gasteiger partial charge in [-0.15, -0.1) is 0 Å². The number of esters is 1. The van der Waals surface area contributed by atoms with Gasteiger partial charge in [0.25, 0.3) is 0 Å². The van der Waals surface area contributed by atoms with Crippen LogP contribution in [-0.4, -0.2) is 42.1 Å². The van der Waals surface area contributed by atoms with Crippen molar-refractivity contribution in [3.8, 4) is 0 Å². The molecule has 0 saturated heterocycles. The number of nitrogen functional groups attached to an aromatic ring is 1. The fourth-order valence-electron chi connectivity index (χ4n) is 1.93. The lowest BCUT2D eigenvalue weighted by atomic mass is 10.2. The van der Waals surface area contributed by atoms with Gasteiger partial charge in [-0.25, -0.2) is 9.59 Å². The van der Waals surface area contributed by atoms with Crippen molar-refractivity contribution < 1.29 is 14.3 Å². The van der Waals surface area contributed by atoms with Gasteiger partial charge in [-0.05, 0) is 43.9 Å². The number of ether oxygens (including phenoxy) is 1. The number of nitrogens with one attached hydrogen (secondary N) is 1. The fourth-order valence-corrected chi connectivity index (χ4v) is 2.26. The number of nitrogens with zero attached hydrogens (tertiary/aromatic N) is 1. The molecule has 1 aromatic carbocycles. The first-order valence-corrected chi connectivity index (χ1v) is 9.17. The number of hydrogen-bond acceptors (Lipinski definition) is 5. The molecular weight excluding hydrogens is 326 g/mol. The molecule has 132 valence electrons. The van der Waals surface area contributed by atoms with Gasteiger partial charge in [-0.2, -0.15) is 11.8 Å². The number of amides is 2. The van der Waals surface area contributed by atoms with Crippen molar-refractivity contribution in [1.29, 1.82) is 0 Å². The number of carbonyl (C=O) groups is 2. The van der Waals surface area contributed by atoms with E-state index in [2.05, 4.69) is 5.32 Å².